The van der Waals surface area contributed by atoms with Gasteiger partial charge in [-0.25, -0.2) is 4.79 Å². The minimum atomic E-state index is -0.644. The number of rotatable bonds is 2. The van der Waals surface area contributed by atoms with Gasteiger partial charge in [-0.3, -0.25) is 4.79 Å². The minimum Gasteiger partial charge on any atom is -0.485 e. The average Bonchev–Trinajstić information content (AvgIpc) is 2.91. The molecule has 0 saturated heterocycles. The van der Waals surface area contributed by atoms with Gasteiger partial charge in [0.1, 0.15) is 17.0 Å². The first kappa shape index (κ1) is 18.5. The largest absolute Gasteiger partial charge is 0.485 e. The molecule has 0 radical (unpaired) electrons. The lowest BCUT2D eigenvalue weighted by Gasteiger charge is -2.27. The molecule has 1 atom stereocenters. The lowest BCUT2D eigenvalue weighted by Crippen LogP contribution is -2.45. The second-order valence-electron chi connectivity index (χ2n) is 9.10. The van der Waals surface area contributed by atoms with Crippen molar-refractivity contribution in [2.45, 2.75) is 71.5 Å². The van der Waals surface area contributed by atoms with Gasteiger partial charge in [-0.15, -0.1) is 0 Å². The maximum absolute atomic E-state index is 12.4. The first-order valence-electron chi connectivity index (χ1n) is 8.97. The van der Waals surface area contributed by atoms with Gasteiger partial charge >= 0.3 is 6.09 Å². The Morgan fingerprint density at radius 3 is 2.62 bits per heavy atom. The summed E-state index contributed by atoms with van der Waals surface area (Å²) in [7, 11) is 0. The second kappa shape index (κ2) is 5.63. The highest BCUT2D eigenvalue weighted by Gasteiger charge is 2.47. The third kappa shape index (κ3) is 3.13. The van der Waals surface area contributed by atoms with Crippen LogP contribution < -0.4 is 15.4 Å². The average molecular weight is 360 g/mol. The van der Waals surface area contributed by atoms with Crippen molar-refractivity contribution >= 4 is 17.7 Å². The number of alkyl carbamates (subject to hydrolysis) is 1. The Labute approximate surface area is 154 Å². The molecule has 26 heavy (non-hydrogen) atoms. The molecule has 142 valence electrons. The molecule has 2 N–H and O–H groups in total. The molecule has 0 aromatic heterocycles. The number of nitrogens with one attached hydrogen (secondary N) is 2. The molecule has 6 nitrogen and oxygen atoms in total. The molecule has 2 aliphatic rings. The van der Waals surface area contributed by atoms with E-state index < -0.39 is 22.7 Å². The fourth-order valence-electron chi connectivity index (χ4n) is 3.62. The fraction of sp³-hybridized carbons (Fsp3) is 0.600. The van der Waals surface area contributed by atoms with Gasteiger partial charge < -0.3 is 20.1 Å². The molecule has 0 spiro atoms. The number of carbonyl (C=O) groups is 2. The Kier molecular flexibility index (Phi) is 4.01. The van der Waals surface area contributed by atoms with Crippen LogP contribution in [0.2, 0.25) is 0 Å². The van der Waals surface area contributed by atoms with Gasteiger partial charge in [-0.05, 0) is 59.6 Å². The molecule has 1 aromatic carbocycles. The van der Waals surface area contributed by atoms with E-state index in [0.717, 1.165) is 28.1 Å². The maximum Gasteiger partial charge on any atom is 0.407 e. The number of carbonyl (C=O) groups excluding carboxylic acids is 2. The van der Waals surface area contributed by atoms with Crippen LogP contribution in [0.25, 0.3) is 0 Å². The summed E-state index contributed by atoms with van der Waals surface area (Å²) in [6.07, 6.45) is 0.202. The van der Waals surface area contributed by atoms with Crippen molar-refractivity contribution in [3.05, 3.63) is 22.8 Å². The summed E-state index contributed by atoms with van der Waals surface area (Å²) >= 11 is 0. The number of benzene rings is 1. The van der Waals surface area contributed by atoms with Gasteiger partial charge in [0, 0.05) is 12.0 Å². The summed E-state index contributed by atoms with van der Waals surface area (Å²) in [4.78, 5) is 24.3. The van der Waals surface area contributed by atoms with Crippen LogP contribution in [0.3, 0.4) is 0 Å². The van der Waals surface area contributed by atoms with Crippen molar-refractivity contribution < 1.29 is 19.1 Å². The Bertz CT molecular complexity index is 792. The third-order valence-electron chi connectivity index (χ3n) is 4.90. The van der Waals surface area contributed by atoms with Crippen molar-refractivity contribution in [3.8, 4) is 5.75 Å². The summed E-state index contributed by atoms with van der Waals surface area (Å²) < 4.78 is 11.6. The topological polar surface area (TPSA) is 76.7 Å². The molecule has 6 heteroatoms. The van der Waals surface area contributed by atoms with Crippen LogP contribution in [0.5, 0.6) is 5.75 Å². The quantitative estimate of drug-likeness (QED) is 0.847. The lowest BCUT2D eigenvalue weighted by molar-refractivity contribution is -0.119. The molecule has 1 unspecified atom stereocenters. The molecular weight excluding hydrogens is 332 g/mol. The fourth-order valence-corrected chi connectivity index (χ4v) is 3.62. The van der Waals surface area contributed by atoms with Gasteiger partial charge in [-0.1, -0.05) is 6.07 Å². The van der Waals surface area contributed by atoms with Gasteiger partial charge in [0.2, 0.25) is 5.91 Å². The highest BCUT2D eigenvalue weighted by molar-refractivity contribution is 6.07. The summed E-state index contributed by atoms with van der Waals surface area (Å²) in [5.41, 5.74) is 2.10. The van der Waals surface area contributed by atoms with E-state index in [1.54, 1.807) is 0 Å². The van der Waals surface area contributed by atoms with Crippen molar-refractivity contribution in [3.63, 3.8) is 0 Å². The molecular formula is C20H28N2O4. The van der Waals surface area contributed by atoms with Crippen LogP contribution >= 0.6 is 0 Å². The molecule has 2 heterocycles. The zero-order valence-corrected chi connectivity index (χ0v) is 16.6. The molecule has 1 aromatic rings. The molecule has 2 amide bonds. The zero-order chi connectivity index (χ0) is 19.5. The van der Waals surface area contributed by atoms with Crippen LogP contribution in [0.1, 0.15) is 58.2 Å². The molecule has 0 saturated carbocycles. The van der Waals surface area contributed by atoms with E-state index in [-0.39, 0.29) is 5.91 Å². The number of aryl methyl sites for hydroxylation is 1. The van der Waals surface area contributed by atoms with Gasteiger partial charge in [-0.2, -0.15) is 0 Å². The van der Waals surface area contributed by atoms with Crippen molar-refractivity contribution in [2.75, 3.05) is 11.9 Å². The summed E-state index contributed by atoms with van der Waals surface area (Å²) in [5.74, 6) is 0.746. The first-order valence-corrected chi connectivity index (χ1v) is 8.97. The van der Waals surface area contributed by atoms with Crippen molar-refractivity contribution in [1.82, 2.24) is 5.32 Å². The van der Waals surface area contributed by atoms with Crippen LogP contribution in [0.4, 0.5) is 10.5 Å². The number of fused-ring (bicyclic) bond motifs is 3. The van der Waals surface area contributed by atoms with Crippen molar-refractivity contribution in [2.24, 2.45) is 0 Å². The van der Waals surface area contributed by atoms with Gasteiger partial charge in [0.05, 0.1) is 17.6 Å². The van der Waals surface area contributed by atoms with E-state index in [1.807, 2.05) is 48.5 Å². The maximum atomic E-state index is 12.4. The van der Waals surface area contributed by atoms with E-state index in [2.05, 4.69) is 16.7 Å². The van der Waals surface area contributed by atoms with Gasteiger partial charge in [0.25, 0.3) is 0 Å². The van der Waals surface area contributed by atoms with E-state index in [1.165, 1.54) is 0 Å². The summed E-state index contributed by atoms with van der Waals surface area (Å²) in [6.45, 7) is 13.6. The first-order chi connectivity index (χ1) is 11.8. The highest BCUT2D eigenvalue weighted by atomic mass is 16.6. The van der Waals surface area contributed by atoms with Crippen LogP contribution in [-0.4, -0.2) is 29.7 Å². The number of hydrogen-bond acceptors (Lipinski definition) is 4. The zero-order valence-electron chi connectivity index (χ0n) is 16.6. The number of amides is 2. The van der Waals surface area contributed by atoms with E-state index in [0.29, 0.717) is 13.0 Å². The normalized spacial score (nSPS) is 23.0. The lowest BCUT2D eigenvalue weighted by atomic mass is 9.83. The third-order valence-corrected chi connectivity index (χ3v) is 4.90. The Hall–Kier alpha value is -2.24. The SMILES string of the molecule is Cc1cc2c(c3c1NC(=O)C3(C)C)OC(C)(CNC(=O)OC(C)(C)C)C2. The van der Waals surface area contributed by atoms with Crippen LogP contribution in [-0.2, 0) is 21.4 Å². The number of ether oxygens (including phenoxy) is 2. The molecule has 0 fully saturated rings. The van der Waals surface area contributed by atoms with Crippen LogP contribution in [0, 0.1) is 6.92 Å². The molecule has 2 aliphatic heterocycles. The predicted octanol–water partition coefficient (Wildman–Crippen LogP) is 3.44. The second-order valence-corrected chi connectivity index (χ2v) is 9.10. The minimum absolute atomic E-state index is 0.0203. The molecule has 0 aliphatic carbocycles. The van der Waals surface area contributed by atoms with E-state index in [4.69, 9.17) is 9.47 Å². The number of hydrogen-bond donors (Lipinski definition) is 2. The standard InChI is InChI=1S/C20H28N2O4/c1-11-8-12-9-20(7,10-21-17(24)26-18(2,3)4)25-15(12)13-14(11)22-16(23)19(13,5)6/h8H,9-10H2,1-7H3,(H,21,24)(H,22,23). The van der Waals surface area contributed by atoms with E-state index >= 15 is 0 Å². The molecule has 3 rings (SSSR count). The smallest absolute Gasteiger partial charge is 0.407 e. The Morgan fingerprint density at radius 1 is 1.35 bits per heavy atom. The Morgan fingerprint density at radius 2 is 2.00 bits per heavy atom. The highest BCUT2D eigenvalue weighted by Crippen LogP contribution is 2.50. The molecule has 0 bridgehead atoms. The van der Waals surface area contributed by atoms with Crippen molar-refractivity contribution in [1.29, 1.82) is 0 Å². The monoisotopic (exact) mass is 360 g/mol. The van der Waals surface area contributed by atoms with Crippen LogP contribution in [0.15, 0.2) is 6.07 Å². The summed E-state index contributed by atoms with van der Waals surface area (Å²) in [5, 5.41) is 5.78. The summed E-state index contributed by atoms with van der Waals surface area (Å²) in [6, 6.07) is 2.06. The number of anilines is 1. The van der Waals surface area contributed by atoms with E-state index in [9.17, 15) is 9.59 Å². The Balaban J connectivity index is 1.83. The predicted molar refractivity (Wildman–Crippen MR) is 99.8 cm³/mol. The van der Waals surface area contributed by atoms with Gasteiger partial charge in [0.15, 0.2) is 0 Å².